The molecule has 0 saturated carbocycles. The average molecular weight is 272 g/mol. The van der Waals surface area contributed by atoms with Gasteiger partial charge >= 0.3 is 0 Å². The zero-order chi connectivity index (χ0) is 14.4. The van der Waals surface area contributed by atoms with Gasteiger partial charge in [-0.05, 0) is 44.0 Å². The van der Waals surface area contributed by atoms with Crippen molar-refractivity contribution in [2.24, 2.45) is 5.92 Å². The van der Waals surface area contributed by atoms with E-state index in [1.165, 1.54) is 5.56 Å². The van der Waals surface area contributed by atoms with Gasteiger partial charge in [-0.2, -0.15) is 0 Å². The van der Waals surface area contributed by atoms with Crippen LogP contribution in [-0.2, 0) is 17.9 Å². The molecule has 1 aliphatic carbocycles. The normalized spacial score (nSPS) is 17.6. The number of allylic oxidation sites excluding steroid dienone is 2. The number of carbonyl (C=O) groups is 1. The van der Waals surface area contributed by atoms with E-state index in [2.05, 4.69) is 60.7 Å². The zero-order valence-corrected chi connectivity index (χ0v) is 12.4. The highest BCUT2D eigenvalue weighted by atomic mass is 16.1. The minimum Gasteiger partial charge on any atom is -0.352 e. The number of hydrogen-bond acceptors (Lipinski definition) is 2. The zero-order valence-electron chi connectivity index (χ0n) is 12.4. The van der Waals surface area contributed by atoms with Gasteiger partial charge in [0.2, 0.25) is 5.91 Å². The van der Waals surface area contributed by atoms with Crippen LogP contribution >= 0.6 is 0 Å². The molecule has 3 heteroatoms. The van der Waals surface area contributed by atoms with Crippen LogP contribution in [0.5, 0.6) is 0 Å². The van der Waals surface area contributed by atoms with Gasteiger partial charge in [0.15, 0.2) is 0 Å². The standard InChI is InChI=1S/C17H24N2O/c1-19(2)13-16-9-7-15(8-10-16)12-18-17(20)11-14-5-3-4-6-14/h3,5,7-10,14H,4,6,11-13H2,1-2H3,(H,18,20). The summed E-state index contributed by atoms with van der Waals surface area (Å²) in [7, 11) is 4.12. The van der Waals surface area contributed by atoms with Crippen molar-refractivity contribution in [1.82, 2.24) is 10.2 Å². The van der Waals surface area contributed by atoms with Gasteiger partial charge in [0.25, 0.3) is 0 Å². The van der Waals surface area contributed by atoms with Gasteiger partial charge in [0.1, 0.15) is 0 Å². The first-order chi connectivity index (χ1) is 9.63. The Bertz CT molecular complexity index is 462. The van der Waals surface area contributed by atoms with Gasteiger partial charge < -0.3 is 10.2 Å². The van der Waals surface area contributed by atoms with Gasteiger partial charge in [-0.1, -0.05) is 36.4 Å². The predicted molar refractivity (Wildman–Crippen MR) is 82.2 cm³/mol. The molecular formula is C17H24N2O. The Morgan fingerprint density at radius 3 is 2.55 bits per heavy atom. The molecule has 1 amide bonds. The summed E-state index contributed by atoms with van der Waals surface area (Å²) in [6.45, 7) is 1.57. The topological polar surface area (TPSA) is 32.3 Å². The largest absolute Gasteiger partial charge is 0.352 e. The van der Waals surface area contributed by atoms with Crippen molar-refractivity contribution >= 4 is 5.91 Å². The third-order valence-corrected chi connectivity index (χ3v) is 3.57. The summed E-state index contributed by atoms with van der Waals surface area (Å²) in [5, 5.41) is 3.00. The van der Waals surface area contributed by atoms with E-state index in [1.807, 2.05) is 0 Å². The lowest BCUT2D eigenvalue weighted by atomic mass is 10.0. The van der Waals surface area contributed by atoms with Crippen molar-refractivity contribution in [3.05, 3.63) is 47.5 Å². The lowest BCUT2D eigenvalue weighted by Gasteiger charge is -2.11. The van der Waals surface area contributed by atoms with Crippen molar-refractivity contribution in [3.8, 4) is 0 Å². The summed E-state index contributed by atoms with van der Waals surface area (Å²) in [4.78, 5) is 14.0. The molecule has 1 aliphatic rings. The second-order valence-corrected chi connectivity index (χ2v) is 5.80. The minimum atomic E-state index is 0.152. The van der Waals surface area contributed by atoms with E-state index in [9.17, 15) is 4.79 Å². The highest BCUT2D eigenvalue weighted by molar-refractivity contribution is 5.76. The molecule has 0 aliphatic heterocycles. The van der Waals surface area contributed by atoms with E-state index in [0.29, 0.717) is 18.9 Å². The lowest BCUT2D eigenvalue weighted by molar-refractivity contribution is -0.121. The van der Waals surface area contributed by atoms with E-state index >= 15 is 0 Å². The molecule has 108 valence electrons. The summed E-state index contributed by atoms with van der Waals surface area (Å²) in [5.41, 5.74) is 2.45. The number of benzene rings is 1. The molecule has 20 heavy (non-hydrogen) atoms. The third-order valence-electron chi connectivity index (χ3n) is 3.57. The van der Waals surface area contributed by atoms with Gasteiger partial charge in [0.05, 0.1) is 0 Å². The number of carbonyl (C=O) groups excluding carboxylic acids is 1. The second kappa shape index (κ2) is 7.25. The summed E-state index contributed by atoms with van der Waals surface area (Å²) in [6, 6.07) is 8.44. The highest BCUT2D eigenvalue weighted by Crippen LogP contribution is 2.20. The van der Waals surface area contributed by atoms with Crippen LogP contribution in [0.2, 0.25) is 0 Å². The molecule has 1 N–H and O–H groups in total. The molecule has 1 aromatic carbocycles. The smallest absolute Gasteiger partial charge is 0.220 e. The van der Waals surface area contributed by atoms with Crippen molar-refractivity contribution < 1.29 is 4.79 Å². The fourth-order valence-electron chi connectivity index (χ4n) is 2.50. The average Bonchev–Trinajstić information content (AvgIpc) is 2.90. The molecule has 0 radical (unpaired) electrons. The number of amides is 1. The quantitative estimate of drug-likeness (QED) is 0.808. The Balaban J connectivity index is 1.75. The maximum atomic E-state index is 11.8. The van der Waals surface area contributed by atoms with Gasteiger partial charge in [-0.15, -0.1) is 0 Å². The number of nitrogens with zero attached hydrogens (tertiary/aromatic N) is 1. The molecule has 0 saturated heterocycles. The Labute approximate surface area is 121 Å². The van der Waals surface area contributed by atoms with Crippen LogP contribution in [-0.4, -0.2) is 24.9 Å². The summed E-state index contributed by atoms with van der Waals surface area (Å²) in [6.07, 6.45) is 7.18. The molecule has 0 aromatic heterocycles. The molecule has 0 bridgehead atoms. The second-order valence-electron chi connectivity index (χ2n) is 5.80. The molecule has 3 nitrogen and oxygen atoms in total. The molecular weight excluding hydrogens is 248 g/mol. The monoisotopic (exact) mass is 272 g/mol. The van der Waals surface area contributed by atoms with E-state index in [0.717, 1.165) is 24.9 Å². The van der Waals surface area contributed by atoms with Gasteiger partial charge in [0, 0.05) is 19.5 Å². The van der Waals surface area contributed by atoms with Crippen LogP contribution in [0, 0.1) is 5.92 Å². The van der Waals surface area contributed by atoms with Crippen LogP contribution in [0.1, 0.15) is 30.4 Å². The van der Waals surface area contributed by atoms with Crippen LogP contribution in [0.25, 0.3) is 0 Å². The van der Waals surface area contributed by atoms with Gasteiger partial charge in [-0.3, -0.25) is 4.79 Å². The van der Waals surface area contributed by atoms with E-state index in [4.69, 9.17) is 0 Å². The first-order valence-electron chi connectivity index (χ1n) is 7.29. The molecule has 1 atom stereocenters. The maximum Gasteiger partial charge on any atom is 0.220 e. The Morgan fingerprint density at radius 2 is 1.95 bits per heavy atom. The van der Waals surface area contributed by atoms with Crippen LogP contribution < -0.4 is 5.32 Å². The van der Waals surface area contributed by atoms with Crippen LogP contribution in [0.4, 0.5) is 0 Å². The maximum absolute atomic E-state index is 11.8. The molecule has 2 rings (SSSR count). The Morgan fingerprint density at radius 1 is 1.25 bits per heavy atom. The Kier molecular flexibility index (Phi) is 5.36. The fourth-order valence-corrected chi connectivity index (χ4v) is 2.50. The minimum absolute atomic E-state index is 0.152. The van der Waals surface area contributed by atoms with Crippen molar-refractivity contribution in [2.45, 2.75) is 32.4 Å². The SMILES string of the molecule is CN(C)Cc1ccc(CNC(=O)CC2C=CCC2)cc1. The molecule has 0 fully saturated rings. The summed E-state index contributed by atoms with van der Waals surface area (Å²) in [5.74, 6) is 0.594. The number of nitrogens with one attached hydrogen (secondary N) is 1. The van der Waals surface area contributed by atoms with Gasteiger partial charge in [-0.25, -0.2) is 0 Å². The lowest BCUT2D eigenvalue weighted by Crippen LogP contribution is -2.24. The first kappa shape index (κ1) is 14.8. The molecule has 1 aromatic rings. The summed E-state index contributed by atoms with van der Waals surface area (Å²) < 4.78 is 0. The highest BCUT2D eigenvalue weighted by Gasteiger charge is 2.13. The third kappa shape index (κ3) is 4.82. The van der Waals surface area contributed by atoms with Crippen LogP contribution in [0.15, 0.2) is 36.4 Å². The number of hydrogen-bond donors (Lipinski definition) is 1. The fraction of sp³-hybridized carbons (Fsp3) is 0.471. The Hall–Kier alpha value is -1.61. The predicted octanol–water partition coefficient (Wildman–Crippen LogP) is 2.72. The number of rotatable bonds is 6. The molecule has 0 spiro atoms. The van der Waals surface area contributed by atoms with Crippen LogP contribution in [0.3, 0.4) is 0 Å². The van der Waals surface area contributed by atoms with E-state index in [-0.39, 0.29) is 5.91 Å². The van der Waals surface area contributed by atoms with Crippen molar-refractivity contribution in [3.63, 3.8) is 0 Å². The first-order valence-corrected chi connectivity index (χ1v) is 7.29. The van der Waals surface area contributed by atoms with Crippen molar-refractivity contribution in [1.29, 1.82) is 0 Å². The van der Waals surface area contributed by atoms with E-state index < -0.39 is 0 Å². The summed E-state index contributed by atoms with van der Waals surface area (Å²) >= 11 is 0. The molecule has 1 unspecified atom stereocenters. The molecule has 0 heterocycles. The van der Waals surface area contributed by atoms with Crippen molar-refractivity contribution in [2.75, 3.05) is 14.1 Å². The van der Waals surface area contributed by atoms with E-state index in [1.54, 1.807) is 0 Å².